The van der Waals surface area contributed by atoms with Crippen molar-refractivity contribution in [2.75, 3.05) is 33.1 Å². The smallest absolute Gasteiger partial charge is 0.184 e. The number of phenols is 1. The predicted molar refractivity (Wildman–Crippen MR) is 171 cm³/mol. The Morgan fingerprint density at radius 2 is 1.63 bits per heavy atom. The highest BCUT2D eigenvalue weighted by Gasteiger charge is 2.40. The van der Waals surface area contributed by atoms with E-state index in [1.54, 1.807) is 26.4 Å². The number of anilines is 1. The Hall–Kier alpha value is -3.45. The van der Waals surface area contributed by atoms with E-state index in [2.05, 4.69) is 32.6 Å². The van der Waals surface area contributed by atoms with Crippen molar-refractivity contribution in [1.29, 1.82) is 0 Å². The number of methoxy groups -OCH3 is 2. The highest BCUT2D eigenvalue weighted by atomic mass is 19.1. The lowest BCUT2D eigenvalue weighted by Crippen LogP contribution is -2.59. The second-order valence-corrected chi connectivity index (χ2v) is 13.3. The lowest BCUT2D eigenvalue weighted by molar-refractivity contribution is -0.0342. The SMILES string of the molecule is COc1cc(-c2c(O)ccc3c2CCCC3)c(Cc2ccc(OCCN3C(C)(C)CCCC3(C)C)c(F)c2)c(N)c1OC. The van der Waals surface area contributed by atoms with Gasteiger partial charge in [-0.05, 0) is 125 Å². The molecular weight excluding hydrogens is 543 g/mol. The largest absolute Gasteiger partial charge is 0.507 e. The average molecular weight is 591 g/mol. The summed E-state index contributed by atoms with van der Waals surface area (Å²) in [5.74, 6) is 0.946. The molecule has 43 heavy (non-hydrogen) atoms. The molecule has 0 amide bonds. The first-order valence-electron chi connectivity index (χ1n) is 15.5. The van der Waals surface area contributed by atoms with Crippen molar-refractivity contribution >= 4 is 5.69 Å². The van der Waals surface area contributed by atoms with Crippen molar-refractivity contribution in [3.63, 3.8) is 0 Å². The summed E-state index contributed by atoms with van der Waals surface area (Å²) in [5.41, 5.74) is 12.7. The molecule has 5 rings (SSSR count). The van der Waals surface area contributed by atoms with E-state index in [0.717, 1.165) is 72.9 Å². The zero-order chi connectivity index (χ0) is 30.9. The van der Waals surface area contributed by atoms with Crippen molar-refractivity contribution in [2.45, 2.75) is 90.1 Å². The first-order valence-corrected chi connectivity index (χ1v) is 15.5. The molecule has 0 saturated carbocycles. The molecule has 6 nitrogen and oxygen atoms in total. The molecule has 0 radical (unpaired) electrons. The van der Waals surface area contributed by atoms with Gasteiger partial charge in [0.05, 0.1) is 19.9 Å². The normalized spacial score (nSPS) is 17.7. The molecule has 3 aromatic carbocycles. The highest BCUT2D eigenvalue weighted by molar-refractivity contribution is 5.85. The maximum absolute atomic E-state index is 15.4. The number of aryl methyl sites for hydroxylation is 1. The van der Waals surface area contributed by atoms with E-state index >= 15 is 4.39 Å². The van der Waals surface area contributed by atoms with Crippen LogP contribution in [0.15, 0.2) is 36.4 Å². The van der Waals surface area contributed by atoms with Crippen molar-refractivity contribution in [3.05, 3.63) is 64.5 Å². The summed E-state index contributed by atoms with van der Waals surface area (Å²) in [6.07, 6.45) is 7.87. The van der Waals surface area contributed by atoms with Crippen molar-refractivity contribution in [3.8, 4) is 34.1 Å². The number of ether oxygens (including phenoxy) is 3. The van der Waals surface area contributed by atoms with Gasteiger partial charge < -0.3 is 25.1 Å². The Morgan fingerprint density at radius 3 is 2.30 bits per heavy atom. The summed E-state index contributed by atoms with van der Waals surface area (Å²) in [6, 6.07) is 10.8. The van der Waals surface area contributed by atoms with Gasteiger partial charge >= 0.3 is 0 Å². The molecule has 1 fully saturated rings. The summed E-state index contributed by atoms with van der Waals surface area (Å²) in [5, 5.41) is 11.1. The van der Waals surface area contributed by atoms with E-state index in [1.807, 2.05) is 18.2 Å². The number of aromatic hydroxyl groups is 1. The van der Waals surface area contributed by atoms with Crippen LogP contribution in [0.4, 0.5) is 10.1 Å². The highest BCUT2D eigenvalue weighted by Crippen LogP contribution is 2.47. The number of benzene rings is 3. The number of halogens is 1. The minimum Gasteiger partial charge on any atom is -0.507 e. The summed E-state index contributed by atoms with van der Waals surface area (Å²) >= 11 is 0. The molecule has 1 aliphatic heterocycles. The van der Waals surface area contributed by atoms with Crippen molar-refractivity contribution in [1.82, 2.24) is 4.90 Å². The van der Waals surface area contributed by atoms with Gasteiger partial charge in [-0.25, -0.2) is 4.39 Å². The molecule has 3 N–H and O–H groups in total. The monoisotopic (exact) mass is 590 g/mol. The van der Waals surface area contributed by atoms with E-state index in [-0.39, 0.29) is 22.6 Å². The van der Waals surface area contributed by atoms with E-state index in [4.69, 9.17) is 19.9 Å². The van der Waals surface area contributed by atoms with Gasteiger partial charge in [0.2, 0.25) is 0 Å². The van der Waals surface area contributed by atoms with Crippen molar-refractivity contribution < 1.29 is 23.7 Å². The molecule has 0 atom stereocenters. The molecular formula is C36H47FN2O4. The number of piperidine rings is 1. The van der Waals surface area contributed by atoms with Gasteiger partial charge in [-0.2, -0.15) is 0 Å². The van der Waals surface area contributed by atoms with Crippen molar-refractivity contribution in [2.24, 2.45) is 0 Å². The lowest BCUT2D eigenvalue weighted by Gasteiger charge is -2.53. The minimum atomic E-state index is -0.407. The lowest BCUT2D eigenvalue weighted by atomic mass is 9.80. The van der Waals surface area contributed by atoms with Crippen LogP contribution >= 0.6 is 0 Å². The number of likely N-dealkylation sites (tertiary alicyclic amines) is 1. The van der Waals surface area contributed by atoms with Crippen LogP contribution in [0.25, 0.3) is 11.1 Å². The average Bonchev–Trinajstić information content (AvgIpc) is 2.96. The summed E-state index contributed by atoms with van der Waals surface area (Å²) in [7, 11) is 3.12. The van der Waals surface area contributed by atoms with Crippen LogP contribution in [0.5, 0.6) is 23.0 Å². The third-order valence-corrected chi connectivity index (χ3v) is 9.59. The van der Waals surface area contributed by atoms with Gasteiger partial charge in [0.1, 0.15) is 12.4 Å². The molecule has 1 aliphatic carbocycles. The van der Waals surface area contributed by atoms with Gasteiger partial charge in [0, 0.05) is 29.6 Å². The Kier molecular flexibility index (Phi) is 8.85. The van der Waals surface area contributed by atoms with Crippen LogP contribution in [-0.4, -0.2) is 48.5 Å². The molecule has 0 unspecified atom stereocenters. The van der Waals surface area contributed by atoms with E-state index in [0.29, 0.717) is 30.2 Å². The number of hydrogen-bond donors (Lipinski definition) is 2. The Bertz CT molecular complexity index is 1470. The number of hydrogen-bond acceptors (Lipinski definition) is 6. The summed E-state index contributed by atoms with van der Waals surface area (Å²) in [4.78, 5) is 2.49. The van der Waals surface area contributed by atoms with Gasteiger partial charge in [0.15, 0.2) is 23.1 Å². The van der Waals surface area contributed by atoms with Gasteiger partial charge in [-0.1, -0.05) is 12.1 Å². The fourth-order valence-corrected chi connectivity index (χ4v) is 7.46. The van der Waals surface area contributed by atoms with Gasteiger partial charge in [0.25, 0.3) is 0 Å². The number of rotatable bonds is 9. The standard InChI is InChI=1S/C36H47FN2O4/c1-35(2)16-9-17-36(3,4)39(35)18-19-43-30-15-12-23(21-28(30)37)20-27-26(22-31(41-5)34(42-6)33(27)38)32-25-11-8-7-10-24(25)13-14-29(32)40/h12-15,21-22,40H,7-11,16-20,38H2,1-6H3. The molecule has 7 heteroatoms. The van der Waals surface area contributed by atoms with Crippen LogP contribution in [0.2, 0.25) is 0 Å². The Labute approximate surface area is 256 Å². The molecule has 2 aliphatic rings. The first kappa shape index (κ1) is 31.0. The van der Waals surface area contributed by atoms with E-state index in [9.17, 15) is 5.11 Å². The maximum atomic E-state index is 15.4. The molecule has 1 heterocycles. The molecule has 232 valence electrons. The molecule has 0 bridgehead atoms. The van der Waals surface area contributed by atoms with Crippen LogP contribution in [0.1, 0.15) is 82.1 Å². The van der Waals surface area contributed by atoms with E-state index in [1.165, 1.54) is 18.1 Å². The quantitative estimate of drug-likeness (QED) is 0.249. The zero-order valence-corrected chi connectivity index (χ0v) is 26.6. The van der Waals surface area contributed by atoms with Gasteiger partial charge in [-0.15, -0.1) is 0 Å². The van der Waals surface area contributed by atoms with Crippen LogP contribution < -0.4 is 19.9 Å². The number of nitrogen functional groups attached to an aromatic ring is 1. The second kappa shape index (κ2) is 12.3. The van der Waals surface area contributed by atoms with E-state index < -0.39 is 5.82 Å². The third kappa shape index (κ3) is 6.14. The van der Waals surface area contributed by atoms with Crippen LogP contribution in [-0.2, 0) is 19.3 Å². The number of nitrogens with two attached hydrogens (primary N) is 1. The summed E-state index contributed by atoms with van der Waals surface area (Å²) < 4.78 is 32.7. The summed E-state index contributed by atoms with van der Waals surface area (Å²) in [6.45, 7) is 10.3. The Balaban J connectivity index is 1.44. The van der Waals surface area contributed by atoms with Gasteiger partial charge in [-0.3, -0.25) is 4.90 Å². The molecule has 0 spiro atoms. The van der Waals surface area contributed by atoms with Crippen LogP contribution in [0.3, 0.4) is 0 Å². The Morgan fingerprint density at radius 1 is 0.907 bits per heavy atom. The predicted octanol–water partition coefficient (Wildman–Crippen LogP) is 7.69. The number of phenolic OH excluding ortho intramolecular Hbond substituents is 1. The zero-order valence-electron chi connectivity index (χ0n) is 26.6. The second-order valence-electron chi connectivity index (χ2n) is 13.3. The molecule has 1 saturated heterocycles. The number of nitrogens with zero attached hydrogens (tertiary/aromatic N) is 1. The minimum absolute atomic E-state index is 0.0804. The first-order chi connectivity index (χ1) is 20.5. The fourth-order valence-electron chi connectivity index (χ4n) is 7.46. The topological polar surface area (TPSA) is 77.2 Å². The molecule has 0 aromatic heterocycles. The third-order valence-electron chi connectivity index (χ3n) is 9.59. The number of fused-ring (bicyclic) bond motifs is 1. The fraction of sp³-hybridized carbons (Fsp3) is 0.500. The maximum Gasteiger partial charge on any atom is 0.184 e. The van der Waals surface area contributed by atoms with Crippen LogP contribution in [0, 0.1) is 5.82 Å². The molecule has 3 aromatic rings.